The van der Waals surface area contributed by atoms with Crippen LogP contribution in [0.5, 0.6) is 0 Å². The first-order valence-corrected chi connectivity index (χ1v) is 4.64. The minimum absolute atomic E-state index is 0.0411. The summed E-state index contributed by atoms with van der Waals surface area (Å²) in [5.74, 6) is 0.0411. The van der Waals surface area contributed by atoms with Crippen molar-refractivity contribution in [2.24, 2.45) is 5.41 Å². The highest BCUT2D eigenvalue weighted by atomic mass is 16.2. The van der Waals surface area contributed by atoms with Crippen molar-refractivity contribution in [3.8, 4) is 6.07 Å². The van der Waals surface area contributed by atoms with Crippen molar-refractivity contribution in [1.82, 2.24) is 4.90 Å². The molecule has 3 heteroatoms. The van der Waals surface area contributed by atoms with Crippen LogP contribution in [-0.4, -0.2) is 23.9 Å². The van der Waals surface area contributed by atoms with Crippen molar-refractivity contribution >= 4 is 5.91 Å². The molecule has 1 fully saturated rings. The number of rotatable bonds is 1. The normalized spacial score (nSPS) is 23.8. The van der Waals surface area contributed by atoms with E-state index in [-0.39, 0.29) is 5.91 Å². The molecule has 0 aromatic heterocycles. The molecule has 0 spiro atoms. The van der Waals surface area contributed by atoms with E-state index >= 15 is 0 Å². The average molecular weight is 176 g/mol. The minimum Gasteiger partial charge on any atom is -0.337 e. The molecule has 3 nitrogen and oxygen atoms in total. The van der Waals surface area contributed by atoms with E-state index < -0.39 is 5.41 Å². The van der Waals surface area contributed by atoms with Gasteiger partial charge < -0.3 is 4.90 Å². The molecule has 1 heterocycles. The maximum atomic E-state index is 11.8. The molecule has 68 valence electrons. The van der Waals surface area contributed by atoms with Gasteiger partial charge in [-0.1, -0.05) is 12.2 Å². The highest BCUT2D eigenvalue weighted by Gasteiger charge is 2.52. The van der Waals surface area contributed by atoms with E-state index in [9.17, 15) is 4.79 Å². The molecule has 1 saturated carbocycles. The summed E-state index contributed by atoms with van der Waals surface area (Å²) in [6.45, 7) is 1.46. The van der Waals surface area contributed by atoms with Gasteiger partial charge in [-0.2, -0.15) is 5.26 Å². The lowest BCUT2D eigenvalue weighted by molar-refractivity contribution is -0.134. The SMILES string of the molecule is N#CC1(C(=O)N2CC=CCC2)CC1. The summed E-state index contributed by atoms with van der Waals surface area (Å²) in [4.78, 5) is 13.6. The zero-order chi connectivity index (χ0) is 9.31. The predicted octanol–water partition coefficient (Wildman–Crippen LogP) is 1.08. The second-order valence-electron chi connectivity index (χ2n) is 3.71. The Balaban J connectivity index is 2.05. The summed E-state index contributed by atoms with van der Waals surface area (Å²) < 4.78 is 0. The molecule has 0 saturated heterocycles. The van der Waals surface area contributed by atoms with Crippen LogP contribution in [-0.2, 0) is 4.79 Å². The lowest BCUT2D eigenvalue weighted by Gasteiger charge is -2.25. The topological polar surface area (TPSA) is 44.1 Å². The maximum Gasteiger partial charge on any atom is 0.243 e. The number of carbonyl (C=O) groups is 1. The Labute approximate surface area is 77.6 Å². The van der Waals surface area contributed by atoms with E-state index in [1.54, 1.807) is 4.90 Å². The Morgan fingerprint density at radius 3 is 2.69 bits per heavy atom. The molecule has 1 aliphatic carbocycles. The van der Waals surface area contributed by atoms with Crippen molar-refractivity contribution in [1.29, 1.82) is 5.26 Å². The number of amides is 1. The molecule has 0 atom stereocenters. The van der Waals surface area contributed by atoms with Crippen LogP contribution in [0.3, 0.4) is 0 Å². The van der Waals surface area contributed by atoms with E-state index in [0.29, 0.717) is 6.54 Å². The van der Waals surface area contributed by atoms with E-state index in [4.69, 9.17) is 5.26 Å². The Bertz CT molecular complexity index is 297. The van der Waals surface area contributed by atoms with Crippen molar-refractivity contribution < 1.29 is 4.79 Å². The fraction of sp³-hybridized carbons (Fsp3) is 0.600. The van der Waals surface area contributed by atoms with Gasteiger partial charge in [0, 0.05) is 13.1 Å². The summed E-state index contributed by atoms with van der Waals surface area (Å²) in [6.07, 6.45) is 6.50. The Hall–Kier alpha value is -1.30. The van der Waals surface area contributed by atoms with Crippen LogP contribution in [0.4, 0.5) is 0 Å². The van der Waals surface area contributed by atoms with Gasteiger partial charge in [0.15, 0.2) is 0 Å². The van der Waals surface area contributed by atoms with Crippen LogP contribution >= 0.6 is 0 Å². The zero-order valence-corrected chi connectivity index (χ0v) is 7.49. The number of hydrogen-bond acceptors (Lipinski definition) is 2. The Kier molecular flexibility index (Phi) is 1.84. The quantitative estimate of drug-likeness (QED) is 0.561. The van der Waals surface area contributed by atoms with Gasteiger partial charge in [-0.3, -0.25) is 4.79 Å². The molecule has 1 amide bonds. The van der Waals surface area contributed by atoms with E-state index in [2.05, 4.69) is 12.1 Å². The molecule has 13 heavy (non-hydrogen) atoms. The summed E-state index contributed by atoms with van der Waals surface area (Å²) in [5, 5.41) is 8.84. The molecule has 2 rings (SSSR count). The highest BCUT2D eigenvalue weighted by Crippen LogP contribution is 2.46. The standard InChI is InChI=1S/C10H12N2O/c11-8-10(4-5-10)9(13)12-6-2-1-3-7-12/h1-2H,3-7H2. The van der Waals surface area contributed by atoms with Gasteiger partial charge >= 0.3 is 0 Å². The van der Waals surface area contributed by atoms with Crippen LogP contribution in [0.25, 0.3) is 0 Å². The first kappa shape index (κ1) is 8.31. The van der Waals surface area contributed by atoms with Gasteiger partial charge in [-0.25, -0.2) is 0 Å². The molecule has 0 N–H and O–H groups in total. The lowest BCUT2D eigenvalue weighted by atomic mass is 10.1. The molecule has 0 unspecified atom stereocenters. The predicted molar refractivity (Wildman–Crippen MR) is 47.6 cm³/mol. The zero-order valence-electron chi connectivity index (χ0n) is 7.49. The van der Waals surface area contributed by atoms with Crippen molar-refractivity contribution in [3.63, 3.8) is 0 Å². The summed E-state index contributed by atoms with van der Waals surface area (Å²) in [7, 11) is 0. The maximum absolute atomic E-state index is 11.8. The Morgan fingerprint density at radius 1 is 1.46 bits per heavy atom. The molecule has 1 aliphatic heterocycles. The minimum atomic E-state index is -0.634. The number of nitrogens with zero attached hydrogens (tertiary/aromatic N) is 2. The van der Waals surface area contributed by atoms with Gasteiger partial charge in [0.05, 0.1) is 6.07 Å². The molecule has 2 aliphatic rings. The summed E-state index contributed by atoms with van der Waals surface area (Å²) in [6, 6.07) is 2.13. The van der Waals surface area contributed by atoms with E-state index in [1.807, 2.05) is 6.08 Å². The smallest absolute Gasteiger partial charge is 0.243 e. The van der Waals surface area contributed by atoms with E-state index in [1.165, 1.54) is 0 Å². The van der Waals surface area contributed by atoms with Crippen LogP contribution in [0, 0.1) is 16.7 Å². The average Bonchev–Trinajstić information content (AvgIpc) is 2.99. The fourth-order valence-electron chi connectivity index (χ4n) is 1.63. The summed E-state index contributed by atoms with van der Waals surface area (Å²) in [5.41, 5.74) is -0.634. The van der Waals surface area contributed by atoms with Crippen LogP contribution in [0.15, 0.2) is 12.2 Å². The van der Waals surface area contributed by atoms with Crippen molar-refractivity contribution in [2.75, 3.05) is 13.1 Å². The van der Waals surface area contributed by atoms with Gasteiger partial charge in [0.1, 0.15) is 5.41 Å². The van der Waals surface area contributed by atoms with Crippen LogP contribution in [0.2, 0.25) is 0 Å². The third kappa shape index (κ3) is 1.33. The molecular weight excluding hydrogens is 164 g/mol. The van der Waals surface area contributed by atoms with Crippen molar-refractivity contribution in [3.05, 3.63) is 12.2 Å². The van der Waals surface area contributed by atoms with E-state index in [0.717, 1.165) is 25.8 Å². The van der Waals surface area contributed by atoms with Gasteiger partial charge in [-0.15, -0.1) is 0 Å². The molecule has 0 aromatic rings. The largest absolute Gasteiger partial charge is 0.337 e. The number of carbonyl (C=O) groups excluding carboxylic acids is 1. The molecular formula is C10H12N2O. The lowest BCUT2D eigenvalue weighted by Crippen LogP contribution is -2.38. The highest BCUT2D eigenvalue weighted by molar-refractivity contribution is 5.88. The first-order chi connectivity index (χ1) is 6.28. The monoisotopic (exact) mass is 176 g/mol. The molecule has 0 radical (unpaired) electrons. The Morgan fingerprint density at radius 2 is 2.23 bits per heavy atom. The number of hydrogen-bond donors (Lipinski definition) is 0. The van der Waals surface area contributed by atoms with Gasteiger partial charge in [-0.05, 0) is 19.3 Å². The molecule has 0 aromatic carbocycles. The van der Waals surface area contributed by atoms with Crippen molar-refractivity contribution in [2.45, 2.75) is 19.3 Å². The third-order valence-electron chi connectivity index (χ3n) is 2.72. The van der Waals surface area contributed by atoms with Gasteiger partial charge in [0.25, 0.3) is 0 Å². The summed E-state index contributed by atoms with van der Waals surface area (Å²) >= 11 is 0. The van der Waals surface area contributed by atoms with Crippen LogP contribution < -0.4 is 0 Å². The first-order valence-electron chi connectivity index (χ1n) is 4.64. The second-order valence-corrected chi connectivity index (χ2v) is 3.71. The molecule has 0 bridgehead atoms. The van der Waals surface area contributed by atoms with Gasteiger partial charge in [0.2, 0.25) is 5.91 Å². The number of nitriles is 1. The fourth-order valence-corrected chi connectivity index (χ4v) is 1.63. The third-order valence-corrected chi connectivity index (χ3v) is 2.72. The van der Waals surface area contributed by atoms with Crippen LogP contribution in [0.1, 0.15) is 19.3 Å². The second kappa shape index (κ2) is 2.88.